The summed E-state index contributed by atoms with van der Waals surface area (Å²) in [5.74, 6) is -2.51. The van der Waals surface area contributed by atoms with Gasteiger partial charge in [-0.3, -0.25) is 40.9 Å². The number of rotatable bonds is 21. The number of aryl methyl sites for hydroxylation is 2. The number of phenolic OH excluding ortho intramolecular Hbond substituents is 2. The van der Waals surface area contributed by atoms with E-state index in [9.17, 15) is 29.4 Å². The van der Waals surface area contributed by atoms with E-state index in [0.717, 1.165) is 62.5 Å². The van der Waals surface area contributed by atoms with E-state index >= 15 is 0 Å². The Bertz CT molecular complexity index is 1210. The lowest BCUT2D eigenvalue weighted by Crippen LogP contribution is -2.44. The van der Waals surface area contributed by atoms with Gasteiger partial charge in [0.25, 0.3) is 11.8 Å². The number of unbranched alkanes of at least 4 members (excludes halogenated alkanes) is 7. The van der Waals surface area contributed by atoms with Crippen LogP contribution in [0.1, 0.15) is 149 Å². The molecule has 10 nitrogen and oxygen atoms in total. The third-order valence-corrected chi connectivity index (χ3v) is 9.01. The van der Waals surface area contributed by atoms with Crippen LogP contribution >= 0.6 is 0 Å². The summed E-state index contributed by atoms with van der Waals surface area (Å²) < 4.78 is 0. The van der Waals surface area contributed by atoms with E-state index in [1.54, 1.807) is 12.1 Å². The second kappa shape index (κ2) is 22.5. The maximum absolute atomic E-state index is 12.8. The summed E-state index contributed by atoms with van der Waals surface area (Å²) in [6.07, 6.45) is 13.6. The van der Waals surface area contributed by atoms with E-state index in [4.69, 9.17) is 0 Å². The zero-order chi connectivity index (χ0) is 35.3. The fourth-order valence-corrected chi connectivity index (χ4v) is 5.84. The normalized spacial score (nSPS) is 12.2. The largest absolute Gasteiger partial charge is 0.507 e. The summed E-state index contributed by atoms with van der Waals surface area (Å²) in [6, 6.07) is 10.2. The quantitative estimate of drug-likeness (QED) is 0.0612. The standard InChI is InChI=1S/C38H58N4O6/c1-5-9-11-13-21-29-23-17-25-31(33(29)43)37(47)41-39-35(45)27(7-3)19-15-16-20-28(8-4)36(46)40-42-38(48)32-26-18-24-30(34(32)44)22-14-12-10-6-2/h17-18,23-28,43-44H,5-16,19-22H2,1-4H3,(H,39,45)(H,40,46)(H,41,47)(H,42,48). The van der Waals surface area contributed by atoms with E-state index in [2.05, 4.69) is 35.6 Å². The number of para-hydroxylation sites is 2. The molecule has 2 aromatic carbocycles. The van der Waals surface area contributed by atoms with Crippen molar-refractivity contribution < 1.29 is 29.4 Å². The van der Waals surface area contributed by atoms with Crippen molar-refractivity contribution in [3.05, 3.63) is 58.7 Å². The van der Waals surface area contributed by atoms with E-state index in [0.29, 0.717) is 51.4 Å². The van der Waals surface area contributed by atoms with Gasteiger partial charge < -0.3 is 10.2 Å². The van der Waals surface area contributed by atoms with Crippen LogP contribution in [-0.4, -0.2) is 33.8 Å². The number of carbonyl (C=O) groups is 4. The van der Waals surface area contributed by atoms with Crippen LogP contribution in [0.15, 0.2) is 36.4 Å². The predicted octanol–water partition coefficient (Wildman–Crippen LogP) is 7.18. The van der Waals surface area contributed by atoms with Gasteiger partial charge in [0.2, 0.25) is 11.8 Å². The molecule has 0 fully saturated rings. The van der Waals surface area contributed by atoms with Crippen LogP contribution in [0, 0.1) is 11.8 Å². The number of benzene rings is 2. The maximum Gasteiger partial charge on any atom is 0.273 e. The SMILES string of the molecule is CCCCCCc1cccc(C(=O)NNC(=O)C(CC)CCCCC(CC)C(=O)NNC(=O)c2cccc(CCCCCC)c2O)c1O. The Labute approximate surface area is 286 Å². The van der Waals surface area contributed by atoms with Crippen LogP contribution in [0.25, 0.3) is 0 Å². The average Bonchev–Trinajstić information content (AvgIpc) is 3.09. The van der Waals surface area contributed by atoms with Crippen LogP contribution < -0.4 is 21.7 Å². The first-order valence-electron chi connectivity index (χ1n) is 18.0. The summed E-state index contributed by atoms with van der Waals surface area (Å²) in [4.78, 5) is 51.2. The monoisotopic (exact) mass is 666 g/mol. The molecule has 48 heavy (non-hydrogen) atoms. The second-order valence-corrected chi connectivity index (χ2v) is 12.6. The molecule has 0 aliphatic rings. The van der Waals surface area contributed by atoms with Gasteiger partial charge in [-0.05, 0) is 74.6 Å². The molecule has 0 aliphatic carbocycles. The van der Waals surface area contributed by atoms with Crippen LogP contribution in [0.3, 0.4) is 0 Å². The number of hydrazine groups is 2. The smallest absolute Gasteiger partial charge is 0.273 e. The lowest BCUT2D eigenvalue weighted by atomic mass is 9.94. The molecule has 266 valence electrons. The minimum atomic E-state index is -0.569. The molecule has 2 unspecified atom stereocenters. The molecule has 0 saturated heterocycles. The lowest BCUT2D eigenvalue weighted by Gasteiger charge is -2.18. The zero-order valence-corrected chi connectivity index (χ0v) is 29.5. The summed E-state index contributed by atoms with van der Waals surface area (Å²) in [5, 5.41) is 21.2. The first kappa shape index (κ1) is 40.1. The minimum absolute atomic E-state index is 0.0533. The molecule has 0 saturated carbocycles. The van der Waals surface area contributed by atoms with Gasteiger partial charge in [-0.15, -0.1) is 0 Å². The van der Waals surface area contributed by atoms with Crippen LogP contribution in [0.4, 0.5) is 0 Å². The van der Waals surface area contributed by atoms with Crippen molar-refractivity contribution in [2.75, 3.05) is 0 Å². The first-order valence-corrected chi connectivity index (χ1v) is 18.0. The molecule has 2 aromatic rings. The zero-order valence-electron chi connectivity index (χ0n) is 29.5. The average molecular weight is 667 g/mol. The lowest BCUT2D eigenvalue weighted by molar-refractivity contribution is -0.127. The third-order valence-electron chi connectivity index (χ3n) is 9.01. The minimum Gasteiger partial charge on any atom is -0.507 e. The van der Waals surface area contributed by atoms with Crippen LogP contribution in [0.5, 0.6) is 11.5 Å². The number of hydrogen-bond donors (Lipinski definition) is 6. The fraction of sp³-hybridized carbons (Fsp3) is 0.579. The van der Waals surface area contributed by atoms with Crippen molar-refractivity contribution in [2.45, 2.75) is 130 Å². The Morgan fingerprint density at radius 3 is 1.29 bits per heavy atom. The highest BCUT2D eigenvalue weighted by Gasteiger charge is 2.22. The van der Waals surface area contributed by atoms with E-state index in [1.807, 2.05) is 26.0 Å². The van der Waals surface area contributed by atoms with Crippen LogP contribution in [0.2, 0.25) is 0 Å². The molecule has 2 rings (SSSR count). The Morgan fingerprint density at radius 1 is 0.542 bits per heavy atom. The molecule has 0 bridgehead atoms. The van der Waals surface area contributed by atoms with Crippen molar-refractivity contribution in [1.29, 1.82) is 0 Å². The molecule has 0 spiro atoms. The number of aromatic hydroxyl groups is 2. The van der Waals surface area contributed by atoms with Gasteiger partial charge in [-0.25, -0.2) is 0 Å². The van der Waals surface area contributed by atoms with Gasteiger partial charge in [0, 0.05) is 11.8 Å². The number of carbonyl (C=O) groups excluding carboxylic acids is 4. The van der Waals surface area contributed by atoms with Gasteiger partial charge in [-0.1, -0.05) is 103 Å². The highest BCUT2D eigenvalue weighted by Crippen LogP contribution is 2.26. The van der Waals surface area contributed by atoms with Crippen molar-refractivity contribution in [3.8, 4) is 11.5 Å². The summed E-state index contributed by atoms with van der Waals surface area (Å²) in [7, 11) is 0. The van der Waals surface area contributed by atoms with Gasteiger partial charge in [-0.2, -0.15) is 0 Å². The molecular weight excluding hydrogens is 608 g/mol. The van der Waals surface area contributed by atoms with Crippen molar-refractivity contribution in [1.82, 2.24) is 21.7 Å². The Morgan fingerprint density at radius 2 is 0.938 bits per heavy atom. The number of hydrogen-bond acceptors (Lipinski definition) is 6. The topological polar surface area (TPSA) is 157 Å². The fourth-order valence-electron chi connectivity index (χ4n) is 5.84. The number of phenols is 2. The molecule has 4 amide bonds. The molecule has 0 heterocycles. The molecule has 0 aromatic heterocycles. The summed E-state index contributed by atoms with van der Waals surface area (Å²) in [6.45, 7) is 8.09. The third kappa shape index (κ3) is 13.2. The van der Waals surface area contributed by atoms with Crippen molar-refractivity contribution >= 4 is 23.6 Å². The predicted molar refractivity (Wildman–Crippen MR) is 189 cm³/mol. The van der Waals surface area contributed by atoms with E-state index in [1.165, 1.54) is 12.1 Å². The molecule has 2 atom stereocenters. The van der Waals surface area contributed by atoms with Crippen molar-refractivity contribution in [2.24, 2.45) is 11.8 Å². The molecule has 0 aliphatic heterocycles. The Hall–Kier alpha value is -4.08. The molecule has 10 heteroatoms. The van der Waals surface area contributed by atoms with E-state index in [-0.39, 0.29) is 46.3 Å². The Balaban J connectivity index is 1.78. The number of amides is 4. The maximum atomic E-state index is 12.8. The van der Waals surface area contributed by atoms with Crippen LogP contribution in [-0.2, 0) is 22.4 Å². The summed E-state index contributed by atoms with van der Waals surface area (Å²) in [5.41, 5.74) is 11.6. The molecule has 6 N–H and O–H groups in total. The number of nitrogens with one attached hydrogen (secondary N) is 4. The highest BCUT2D eigenvalue weighted by molar-refractivity contribution is 5.99. The first-order chi connectivity index (χ1) is 23.2. The summed E-state index contributed by atoms with van der Waals surface area (Å²) >= 11 is 0. The van der Waals surface area contributed by atoms with Crippen molar-refractivity contribution in [3.63, 3.8) is 0 Å². The molecule has 0 radical (unpaired) electrons. The second-order valence-electron chi connectivity index (χ2n) is 12.6. The van der Waals surface area contributed by atoms with E-state index < -0.39 is 11.8 Å². The Kier molecular flexibility index (Phi) is 18.8. The molecular formula is C38H58N4O6. The van der Waals surface area contributed by atoms with Gasteiger partial charge >= 0.3 is 0 Å². The highest BCUT2D eigenvalue weighted by atomic mass is 16.3. The van der Waals surface area contributed by atoms with Gasteiger partial charge in [0.05, 0.1) is 11.1 Å². The van der Waals surface area contributed by atoms with Gasteiger partial charge in [0.15, 0.2) is 0 Å². The van der Waals surface area contributed by atoms with Gasteiger partial charge in [0.1, 0.15) is 11.5 Å².